The van der Waals surface area contributed by atoms with E-state index in [1.165, 1.54) is 0 Å². The van der Waals surface area contributed by atoms with Crippen molar-refractivity contribution in [2.24, 2.45) is 0 Å². The molecule has 0 aliphatic carbocycles. The lowest BCUT2D eigenvalue weighted by Gasteiger charge is -2.09. The van der Waals surface area contributed by atoms with Gasteiger partial charge < -0.3 is 15.4 Å². The van der Waals surface area contributed by atoms with E-state index in [2.05, 4.69) is 10.6 Å². The summed E-state index contributed by atoms with van der Waals surface area (Å²) in [5.41, 5.74) is 3.41. The van der Waals surface area contributed by atoms with Gasteiger partial charge in [-0.1, -0.05) is 35.9 Å². The first-order valence-corrected chi connectivity index (χ1v) is 8.31. The molecule has 6 nitrogen and oxygen atoms in total. The lowest BCUT2D eigenvalue weighted by Crippen LogP contribution is -2.21. The third-order valence-corrected chi connectivity index (χ3v) is 3.63. The Morgan fingerprint density at radius 3 is 2.31 bits per heavy atom. The highest BCUT2D eigenvalue weighted by Crippen LogP contribution is 2.16. The fourth-order valence-electron chi connectivity index (χ4n) is 2.32. The Bertz CT molecular complexity index is 788. The highest BCUT2D eigenvalue weighted by Gasteiger charge is 2.11. The molecule has 0 atom stereocenters. The van der Waals surface area contributed by atoms with E-state index in [1.54, 1.807) is 24.3 Å². The summed E-state index contributed by atoms with van der Waals surface area (Å²) in [6.07, 6.45) is -0.0954. The number of ether oxygens (including phenoxy) is 1. The minimum Gasteiger partial charge on any atom is -0.456 e. The van der Waals surface area contributed by atoms with Crippen molar-refractivity contribution >= 4 is 29.2 Å². The molecule has 136 valence electrons. The number of hydrogen-bond donors (Lipinski definition) is 2. The Morgan fingerprint density at radius 2 is 1.62 bits per heavy atom. The van der Waals surface area contributed by atoms with E-state index in [9.17, 15) is 14.4 Å². The first-order chi connectivity index (χ1) is 12.4. The Hall–Kier alpha value is -3.15. The van der Waals surface area contributed by atoms with Crippen molar-refractivity contribution < 1.29 is 19.1 Å². The summed E-state index contributed by atoms with van der Waals surface area (Å²) in [6.45, 7) is 3.50. The number of nitrogens with one attached hydrogen (secondary N) is 2. The van der Waals surface area contributed by atoms with Gasteiger partial charge in [0, 0.05) is 17.8 Å². The molecule has 0 radical (unpaired) electrons. The van der Waals surface area contributed by atoms with Crippen LogP contribution in [-0.4, -0.2) is 24.4 Å². The van der Waals surface area contributed by atoms with E-state index in [-0.39, 0.29) is 25.4 Å². The third-order valence-electron chi connectivity index (χ3n) is 3.63. The van der Waals surface area contributed by atoms with Crippen molar-refractivity contribution in [1.29, 1.82) is 0 Å². The van der Waals surface area contributed by atoms with Crippen molar-refractivity contribution in [2.75, 3.05) is 17.2 Å². The van der Waals surface area contributed by atoms with Gasteiger partial charge in [-0.2, -0.15) is 0 Å². The summed E-state index contributed by atoms with van der Waals surface area (Å²) < 4.78 is 4.89. The van der Waals surface area contributed by atoms with Crippen LogP contribution in [-0.2, 0) is 19.1 Å². The number of rotatable bonds is 7. The van der Waals surface area contributed by atoms with E-state index in [0.29, 0.717) is 5.69 Å². The Morgan fingerprint density at radius 1 is 0.885 bits per heavy atom. The number of carbonyl (C=O) groups excluding carboxylic acids is 3. The molecular weight excluding hydrogens is 332 g/mol. The van der Waals surface area contributed by atoms with E-state index >= 15 is 0 Å². The summed E-state index contributed by atoms with van der Waals surface area (Å²) in [5.74, 6) is -1.30. The maximum Gasteiger partial charge on any atom is 0.306 e. The summed E-state index contributed by atoms with van der Waals surface area (Å²) in [7, 11) is 0. The molecule has 0 heterocycles. The maximum atomic E-state index is 11.9. The second-order valence-corrected chi connectivity index (χ2v) is 5.94. The van der Waals surface area contributed by atoms with E-state index < -0.39 is 11.9 Å². The van der Waals surface area contributed by atoms with Crippen molar-refractivity contribution in [1.82, 2.24) is 0 Å². The van der Waals surface area contributed by atoms with E-state index in [0.717, 1.165) is 16.8 Å². The van der Waals surface area contributed by atoms with Crippen LogP contribution in [0.15, 0.2) is 48.5 Å². The molecule has 26 heavy (non-hydrogen) atoms. The minimum absolute atomic E-state index is 0.00749. The SMILES string of the molecule is Cc1ccc(NC(=O)CCC(=O)OCC(=O)Nc2ccccc2)c(C)c1. The summed E-state index contributed by atoms with van der Waals surface area (Å²) in [4.78, 5) is 35.3. The lowest BCUT2D eigenvalue weighted by atomic mass is 10.1. The van der Waals surface area contributed by atoms with Crippen molar-refractivity contribution in [3.05, 3.63) is 59.7 Å². The summed E-state index contributed by atoms with van der Waals surface area (Å²) >= 11 is 0. The monoisotopic (exact) mass is 354 g/mol. The average molecular weight is 354 g/mol. The van der Waals surface area contributed by atoms with Crippen LogP contribution < -0.4 is 10.6 Å². The third kappa shape index (κ3) is 6.39. The molecule has 2 aromatic carbocycles. The number of amides is 2. The maximum absolute atomic E-state index is 11.9. The molecular formula is C20H22N2O4. The van der Waals surface area contributed by atoms with Crippen LogP contribution in [0, 0.1) is 13.8 Å². The largest absolute Gasteiger partial charge is 0.456 e. The Balaban J connectivity index is 1.69. The smallest absolute Gasteiger partial charge is 0.306 e. The molecule has 0 saturated heterocycles. The molecule has 2 amide bonds. The number of carbonyl (C=O) groups is 3. The van der Waals surface area contributed by atoms with Crippen LogP contribution in [0.5, 0.6) is 0 Å². The van der Waals surface area contributed by atoms with Gasteiger partial charge in [0.25, 0.3) is 5.91 Å². The molecule has 6 heteroatoms. The predicted molar refractivity (Wildman–Crippen MR) is 99.8 cm³/mol. The van der Waals surface area contributed by atoms with Gasteiger partial charge in [-0.3, -0.25) is 14.4 Å². The highest BCUT2D eigenvalue weighted by molar-refractivity contribution is 5.94. The van der Waals surface area contributed by atoms with E-state index in [4.69, 9.17) is 4.74 Å². The van der Waals surface area contributed by atoms with E-state index in [1.807, 2.05) is 38.1 Å². The Kier molecular flexibility index (Phi) is 6.91. The van der Waals surface area contributed by atoms with Gasteiger partial charge in [0.15, 0.2) is 6.61 Å². The molecule has 0 aliphatic heterocycles. The second-order valence-electron chi connectivity index (χ2n) is 5.94. The molecule has 0 fully saturated rings. The number of anilines is 2. The van der Waals surface area contributed by atoms with Crippen LogP contribution in [0.25, 0.3) is 0 Å². The predicted octanol–water partition coefficient (Wildman–Crippen LogP) is 3.20. The Labute approximate surface area is 152 Å². The van der Waals surface area contributed by atoms with Crippen LogP contribution >= 0.6 is 0 Å². The number of hydrogen-bond acceptors (Lipinski definition) is 4. The van der Waals surface area contributed by atoms with Crippen molar-refractivity contribution in [2.45, 2.75) is 26.7 Å². The fourth-order valence-corrected chi connectivity index (χ4v) is 2.32. The number of para-hydroxylation sites is 1. The molecule has 2 N–H and O–H groups in total. The lowest BCUT2D eigenvalue weighted by molar-refractivity contribution is -0.147. The van der Waals surface area contributed by atoms with Gasteiger partial charge in [-0.15, -0.1) is 0 Å². The van der Waals surface area contributed by atoms with Crippen molar-refractivity contribution in [3.63, 3.8) is 0 Å². The zero-order valence-electron chi connectivity index (χ0n) is 14.9. The van der Waals surface area contributed by atoms with Gasteiger partial charge in [0.2, 0.25) is 5.91 Å². The quantitative estimate of drug-likeness (QED) is 0.748. The molecule has 0 spiro atoms. The molecule has 0 saturated carbocycles. The summed E-state index contributed by atoms with van der Waals surface area (Å²) in [6, 6.07) is 14.6. The zero-order valence-corrected chi connectivity index (χ0v) is 14.9. The standard InChI is InChI=1S/C20H22N2O4/c1-14-8-9-17(15(2)12-14)22-18(23)10-11-20(25)26-13-19(24)21-16-6-4-3-5-7-16/h3-9,12H,10-11,13H2,1-2H3,(H,21,24)(H,22,23). The first kappa shape index (κ1) is 19.2. The van der Waals surface area contributed by atoms with Crippen LogP contribution in [0.1, 0.15) is 24.0 Å². The summed E-state index contributed by atoms with van der Waals surface area (Å²) in [5, 5.41) is 5.37. The van der Waals surface area contributed by atoms with Crippen LogP contribution in [0.2, 0.25) is 0 Å². The van der Waals surface area contributed by atoms with Gasteiger partial charge in [0.1, 0.15) is 0 Å². The zero-order chi connectivity index (χ0) is 18.9. The molecule has 0 aromatic heterocycles. The number of esters is 1. The number of benzene rings is 2. The first-order valence-electron chi connectivity index (χ1n) is 8.31. The molecule has 0 unspecified atom stereocenters. The molecule has 0 bridgehead atoms. The van der Waals surface area contributed by atoms with Gasteiger partial charge in [-0.25, -0.2) is 0 Å². The van der Waals surface area contributed by atoms with Crippen molar-refractivity contribution in [3.8, 4) is 0 Å². The van der Waals surface area contributed by atoms with Gasteiger partial charge in [0.05, 0.1) is 6.42 Å². The topological polar surface area (TPSA) is 84.5 Å². The minimum atomic E-state index is -0.594. The molecule has 2 rings (SSSR count). The van der Waals surface area contributed by atoms with Crippen LogP contribution in [0.4, 0.5) is 11.4 Å². The van der Waals surface area contributed by atoms with Crippen LogP contribution in [0.3, 0.4) is 0 Å². The molecule has 0 aliphatic rings. The number of aryl methyl sites for hydroxylation is 2. The van der Waals surface area contributed by atoms with Gasteiger partial charge >= 0.3 is 5.97 Å². The van der Waals surface area contributed by atoms with Gasteiger partial charge in [-0.05, 0) is 37.6 Å². The fraction of sp³-hybridized carbons (Fsp3) is 0.250. The highest BCUT2D eigenvalue weighted by atomic mass is 16.5. The molecule has 2 aromatic rings. The average Bonchev–Trinajstić information content (AvgIpc) is 2.61. The second kappa shape index (κ2) is 9.36. The normalized spacial score (nSPS) is 10.1.